The molecule has 0 spiro atoms. The standard InChI is InChI=1S/C13H16FN3O2/c1-17-10-3-2-8(14)6-9(10)16-13(17)12(15)11-7-18-4-5-19-11/h2-3,6,11-12H,4-5,7,15H2,1H3. The number of rotatable bonds is 2. The highest BCUT2D eigenvalue weighted by molar-refractivity contribution is 5.76. The normalized spacial score (nSPS) is 21.7. The van der Waals surface area contributed by atoms with Crippen molar-refractivity contribution >= 4 is 11.0 Å². The van der Waals surface area contributed by atoms with Gasteiger partial charge in [0.05, 0.1) is 36.9 Å². The molecule has 1 aromatic carbocycles. The molecule has 0 amide bonds. The molecule has 1 fully saturated rings. The second-order valence-corrected chi connectivity index (χ2v) is 4.67. The molecule has 0 aliphatic carbocycles. The predicted molar refractivity (Wildman–Crippen MR) is 68.2 cm³/mol. The molecule has 6 heteroatoms. The van der Waals surface area contributed by atoms with Crippen molar-refractivity contribution in [1.82, 2.24) is 9.55 Å². The number of ether oxygens (including phenoxy) is 2. The molecule has 0 bridgehead atoms. The van der Waals surface area contributed by atoms with Crippen molar-refractivity contribution in [2.75, 3.05) is 19.8 Å². The zero-order valence-electron chi connectivity index (χ0n) is 10.7. The molecule has 1 aromatic heterocycles. The quantitative estimate of drug-likeness (QED) is 0.884. The number of nitrogens with two attached hydrogens (primary N) is 1. The molecule has 3 rings (SSSR count). The maximum Gasteiger partial charge on any atom is 0.129 e. The molecule has 2 heterocycles. The van der Waals surface area contributed by atoms with Crippen LogP contribution < -0.4 is 5.73 Å². The van der Waals surface area contributed by atoms with Crippen LogP contribution in [0.4, 0.5) is 4.39 Å². The Balaban J connectivity index is 1.97. The summed E-state index contributed by atoms with van der Waals surface area (Å²) < 4.78 is 26.0. The smallest absolute Gasteiger partial charge is 0.129 e. The number of aromatic nitrogens is 2. The molecule has 2 unspecified atom stereocenters. The Hall–Kier alpha value is -1.50. The van der Waals surface area contributed by atoms with Crippen molar-refractivity contribution in [3.63, 3.8) is 0 Å². The maximum atomic E-state index is 13.2. The SMILES string of the molecule is Cn1c(C(N)C2COCCO2)nc2cc(F)ccc21. The number of hydrogen-bond acceptors (Lipinski definition) is 4. The average Bonchev–Trinajstić information content (AvgIpc) is 2.75. The Labute approximate surface area is 110 Å². The van der Waals surface area contributed by atoms with Crippen molar-refractivity contribution in [2.24, 2.45) is 12.8 Å². The molecule has 1 aliphatic rings. The van der Waals surface area contributed by atoms with Crippen LogP contribution in [-0.2, 0) is 16.5 Å². The van der Waals surface area contributed by atoms with Crippen molar-refractivity contribution < 1.29 is 13.9 Å². The molecule has 5 nitrogen and oxygen atoms in total. The van der Waals surface area contributed by atoms with Gasteiger partial charge < -0.3 is 19.8 Å². The summed E-state index contributed by atoms with van der Waals surface area (Å²) in [6, 6.07) is 4.14. The number of fused-ring (bicyclic) bond motifs is 1. The monoisotopic (exact) mass is 265 g/mol. The number of hydrogen-bond donors (Lipinski definition) is 1. The molecule has 1 aliphatic heterocycles. The summed E-state index contributed by atoms with van der Waals surface area (Å²) in [4.78, 5) is 4.41. The van der Waals surface area contributed by atoms with Gasteiger partial charge in [-0.05, 0) is 12.1 Å². The van der Waals surface area contributed by atoms with Gasteiger partial charge in [0.1, 0.15) is 17.7 Å². The van der Waals surface area contributed by atoms with Gasteiger partial charge >= 0.3 is 0 Å². The zero-order valence-corrected chi connectivity index (χ0v) is 10.7. The van der Waals surface area contributed by atoms with Crippen molar-refractivity contribution in [1.29, 1.82) is 0 Å². The number of aryl methyl sites for hydroxylation is 1. The van der Waals surface area contributed by atoms with Crippen LogP contribution in [0.1, 0.15) is 11.9 Å². The molecule has 102 valence electrons. The average molecular weight is 265 g/mol. The van der Waals surface area contributed by atoms with Crippen molar-refractivity contribution in [3.8, 4) is 0 Å². The van der Waals surface area contributed by atoms with Crippen LogP contribution in [0.15, 0.2) is 18.2 Å². The molecule has 2 aromatic rings. The van der Waals surface area contributed by atoms with Gasteiger partial charge in [-0.1, -0.05) is 0 Å². The van der Waals surface area contributed by atoms with E-state index in [1.54, 1.807) is 6.07 Å². The fraction of sp³-hybridized carbons (Fsp3) is 0.462. The van der Waals surface area contributed by atoms with Crippen LogP contribution in [0, 0.1) is 5.82 Å². The van der Waals surface area contributed by atoms with E-state index < -0.39 is 0 Å². The Bertz CT molecular complexity index is 593. The van der Waals surface area contributed by atoms with E-state index in [9.17, 15) is 4.39 Å². The van der Waals surface area contributed by atoms with Gasteiger partial charge in [0.15, 0.2) is 0 Å². The van der Waals surface area contributed by atoms with Crippen molar-refractivity contribution in [3.05, 3.63) is 29.8 Å². The second-order valence-electron chi connectivity index (χ2n) is 4.67. The highest BCUT2D eigenvalue weighted by Crippen LogP contribution is 2.23. The Kier molecular flexibility index (Phi) is 3.22. The molecule has 0 saturated carbocycles. The lowest BCUT2D eigenvalue weighted by molar-refractivity contribution is -0.0986. The minimum atomic E-state index is -0.388. The van der Waals surface area contributed by atoms with Crippen LogP contribution >= 0.6 is 0 Å². The van der Waals surface area contributed by atoms with E-state index in [1.807, 2.05) is 11.6 Å². The van der Waals surface area contributed by atoms with Crippen LogP contribution in [-0.4, -0.2) is 35.5 Å². The second kappa shape index (κ2) is 4.88. The zero-order chi connectivity index (χ0) is 13.4. The topological polar surface area (TPSA) is 62.3 Å². The van der Waals surface area contributed by atoms with E-state index in [-0.39, 0.29) is 18.0 Å². The molecule has 2 N–H and O–H groups in total. The predicted octanol–water partition coefficient (Wildman–Crippen LogP) is 1.13. The lowest BCUT2D eigenvalue weighted by atomic mass is 10.1. The van der Waals surface area contributed by atoms with Crippen LogP contribution in [0.25, 0.3) is 11.0 Å². The van der Waals surface area contributed by atoms with E-state index in [2.05, 4.69) is 4.98 Å². The number of nitrogens with zero attached hydrogens (tertiary/aromatic N) is 2. The number of imidazole rings is 1. The molecule has 1 saturated heterocycles. The molecule has 2 atom stereocenters. The highest BCUT2D eigenvalue weighted by Gasteiger charge is 2.27. The summed E-state index contributed by atoms with van der Waals surface area (Å²) in [5.74, 6) is 0.374. The van der Waals surface area contributed by atoms with E-state index in [4.69, 9.17) is 15.2 Å². The summed E-state index contributed by atoms with van der Waals surface area (Å²) >= 11 is 0. The van der Waals surface area contributed by atoms with Crippen LogP contribution in [0.3, 0.4) is 0 Å². The third-order valence-electron chi connectivity index (χ3n) is 3.42. The number of benzene rings is 1. The van der Waals surface area contributed by atoms with Gasteiger partial charge in [-0.3, -0.25) is 0 Å². The molecule has 19 heavy (non-hydrogen) atoms. The Morgan fingerprint density at radius 2 is 2.32 bits per heavy atom. The fourth-order valence-electron chi connectivity index (χ4n) is 2.37. The van der Waals surface area contributed by atoms with E-state index in [1.165, 1.54) is 12.1 Å². The van der Waals surface area contributed by atoms with Crippen LogP contribution in [0.5, 0.6) is 0 Å². The summed E-state index contributed by atoms with van der Waals surface area (Å²) in [5.41, 5.74) is 7.64. The van der Waals surface area contributed by atoms with E-state index in [0.717, 1.165) is 5.52 Å². The first-order valence-corrected chi connectivity index (χ1v) is 6.23. The highest BCUT2D eigenvalue weighted by atomic mass is 19.1. The first kappa shape index (κ1) is 12.5. The largest absolute Gasteiger partial charge is 0.376 e. The van der Waals surface area contributed by atoms with Gasteiger partial charge in [0, 0.05) is 13.1 Å². The van der Waals surface area contributed by atoms with E-state index >= 15 is 0 Å². The summed E-state index contributed by atoms with van der Waals surface area (Å²) in [7, 11) is 1.87. The lowest BCUT2D eigenvalue weighted by Gasteiger charge is -2.27. The minimum absolute atomic E-state index is 0.214. The first-order valence-electron chi connectivity index (χ1n) is 6.23. The van der Waals surface area contributed by atoms with Gasteiger partial charge in [-0.2, -0.15) is 0 Å². The van der Waals surface area contributed by atoms with E-state index in [0.29, 0.717) is 31.2 Å². The maximum absolute atomic E-state index is 13.2. The van der Waals surface area contributed by atoms with Gasteiger partial charge in [-0.15, -0.1) is 0 Å². The summed E-state index contributed by atoms with van der Waals surface area (Å²) in [6.07, 6.45) is -0.214. The third kappa shape index (κ3) is 2.22. The third-order valence-corrected chi connectivity index (χ3v) is 3.42. The van der Waals surface area contributed by atoms with Gasteiger partial charge in [0.2, 0.25) is 0 Å². The summed E-state index contributed by atoms with van der Waals surface area (Å²) in [6.45, 7) is 1.59. The molecular weight excluding hydrogens is 249 g/mol. The van der Waals surface area contributed by atoms with Crippen molar-refractivity contribution in [2.45, 2.75) is 12.1 Å². The lowest BCUT2D eigenvalue weighted by Crippen LogP contribution is -2.39. The molecule has 0 radical (unpaired) electrons. The first-order chi connectivity index (χ1) is 9.16. The van der Waals surface area contributed by atoms with Gasteiger partial charge in [0.25, 0.3) is 0 Å². The number of halogens is 1. The Morgan fingerprint density at radius 1 is 1.47 bits per heavy atom. The minimum Gasteiger partial charge on any atom is -0.376 e. The van der Waals surface area contributed by atoms with Crippen LogP contribution in [0.2, 0.25) is 0 Å². The van der Waals surface area contributed by atoms with Gasteiger partial charge in [-0.25, -0.2) is 9.37 Å². The fourth-order valence-corrected chi connectivity index (χ4v) is 2.37. The summed E-state index contributed by atoms with van der Waals surface area (Å²) in [5, 5.41) is 0. The molecular formula is C13H16FN3O2. The Morgan fingerprint density at radius 3 is 3.05 bits per heavy atom.